The van der Waals surface area contributed by atoms with Crippen LogP contribution in [-0.2, 0) is 29.0 Å². The molecule has 15 heteroatoms. The van der Waals surface area contributed by atoms with Crippen molar-refractivity contribution in [2.24, 2.45) is 0 Å². The molecule has 3 aromatic rings. The van der Waals surface area contributed by atoms with Crippen LogP contribution in [0.15, 0.2) is 48.5 Å². The number of methoxy groups -OCH3 is 1. The smallest absolute Gasteiger partial charge is 0.290 e. The Morgan fingerprint density at radius 2 is 1.74 bits per heavy atom. The van der Waals surface area contributed by atoms with E-state index in [1.54, 1.807) is 34.1 Å². The van der Waals surface area contributed by atoms with Crippen LogP contribution in [0.25, 0.3) is 0 Å². The molecule has 0 radical (unpaired) electrons. The standard InChI is InChI=1S/C37H42N6O7.CH2O2/c1-41-11-4-12-42(14-13-41)36(46)26-15-25-16-28(17-26)49-22-33(44)38-19-23-7-9-27(10-8-23)50-32-21-43(20-31(32)39-34(25)45)37(47)29-18-24-5-3-6-30(24)40-35(29)48-2;2-1-3/h7-10,15-18,31-32H,3-6,11-14,19-22H2,1-2H3,(H,38,44)(H,39,45);1H,(H,2,3)/t31-,32-;/m0./s1. The van der Waals surface area contributed by atoms with Gasteiger partial charge in [0.2, 0.25) is 5.88 Å². The first kappa shape index (κ1) is 37.1. The van der Waals surface area contributed by atoms with Crippen molar-refractivity contribution in [2.45, 2.75) is 44.4 Å². The quantitative estimate of drug-likeness (QED) is 0.335. The van der Waals surface area contributed by atoms with E-state index in [1.807, 2.05) is 25.2 Å². The van der Waals surface area contributed by atoms with Crippen LogP contribution in [0.2, 0.25) is 0 Å². The van der Waals surface area contributed by atoms with E-state index in [9.17, 15) is 19.2 Å². The number of hydrogen-bond acceptors (Lipinski definition) is 10. The molecule has 4 amide bonds. The summed E-state index contributed by atoms with van der Waals surface area (Å²) in [5, 5.41) is 12.8. The van der Waals surface area contributed by atoms with E-state index in [1.165, 1.54) is 13.2 Å². The van der Waals surface area contributed by atoms with E-state index < -0.39 is 18.1 Å². The van der Waals surface area contributed by atoms with Crippen LogP contribution < -0.4 is 24.8 Å². The van der Waals surface area contributed by atoms with Gasteiger partial charge < -0.3 is 44.7 Å². The van der Waals surface area contributed by atoms with Gasteiger partial charge in [-0.3, -0.25) is 24.0 Å². The molecule has 2 saturated heterocycles. The number of likely N-dealkylation sites (tertiary alicyclic amines) is 1. The summed E-state index contributed by atoms with van der Waals surface area (Å²) in [6.07, 6.45) is 2.94. The summed E-state index contributed by atoms with van der Waals surface area (Å²) < 4.78 is 17.8. The first-order valence-electron chi connectivity index (χ1n) is 17.7. The Bertz CT molecular complexity index is 1850. The number of aryl methyl sites for hydroxylation is 2. The van der Waals surface area contributed by atoms with E-state index in [0.717, 1.165) is 55.6 Å². The van der Waals surface area contributed by atoms with E-state index >= 15 is 0 Å². The number of benzene rings is 2. The van der Waals surface area contributed by atoms with E-state index in [2.05, 4.69) is 20.5 Å². The second kappa shape index (κ2) is 16.8. The van der Waals surface area contributed by atoms with Crippen molar-refractivity contribution in [3.05, 3.63) is 82.0 Å². The Hall–Kier alpha value is -5.70. The number of hydrogen-bond donors (Lipinski definition) is 3. The van der Waals surface area contributed by atoms with Gasteiger partial charge in [-0.1, -0.05) is 12.1 Å². The summed E-state index contributed by atoms with van der Waals surface area (Å²) in [5.41, 5.74) is 3.74. The molecular weight excluding hydrogens is 684 g/mol. The number of nitrogens with one attached hydrogen (secondary N) is 2. The fourth-order valence-corrected chi connectivity index (χ4v) is 7.01. The molecule has 280 valence electrons. The largest absolute Gasteiger partial charge is 0.486 e. The Balaban J connectivity index is 0.00000155. The first-order chi connectivity index (χ1) is 25.6. The predicted octanol–water partition coefficient (Wildman–Crippen LogP) is 1.77. The predicted molar refractivity (Wildman–Crippen MR) is 191 cm³/mol. The number of amides is 4. The van der Waals surface area contributed by atoms with Gasteiger partial charge in [-0.2, -0.15) is 0 Å². The highest BCUT2D eigenvalue weighted by Crippen LogP contribution is 2.30. The Morgan fingerprint density at radius 1 is 0.943 bits per heavy atom. The van der Waals surface area contributed by atoms with E-state index in [-0.39, 0.29) is 67.6 Å². The summed E-state index contributed by atoms with van der Waals surface area (Å²) in [6.45, 7) is 2.89. The number of likely N-dealkylation sites (N-methyl/N-ethyl adjacent to an activating group) is 1. The first-order valence-corrected chi connectivity index (χ1v) is 17.7. The lowest BCUT2D eigenvalue weighted by atomic mass is 10.1. The fourth-order valence-electron chi connectivity index (χ4n) is 7.01. The molecule has 8 rings (SSSR count). The van der Waals surface area contributed by atoms with Crippen molar-refractivity contribution in [3.63, 3.8) is 0 Å². The maximum atomic E-state index is 14.0. The Labute approximate surface area is 307 Å². The third kappa shape index (κ3) is 8.85. The average molecular weight is 729 g/mol. The molecule has 15 nitrogen and oxygen atoms in total. The fraction of sp³-hybridized carbons (Fsp3) is 0.421. The summed E-state index contributed by atoms with van der Waals surface area (Å²) in [4.78, 5) is 73.1. The van der Waals surface area contributed by atoms with Crippen molar-refractivity contribution < 1.29 is 43.3 Å². The van der Waals surface area contributed by atoms with Crippen LogP contribution in [0.5, 0.6) is 17.4 Å². The number of carbonyl (C=O) groups excluding carboxylic acids is 4. The minimum atomic E-state index is -0.594. The number of fused-ring (bicyclic) bond motifs is 8. The van der Waals surface area contributed by atoms with Crippen LogP contribution in [0.1, 0.15) is 60.7 Å². The zero-order valence-electron chi connectivity index (χ0n) is 29.8. The van der Waals surface area contributed by atoms with Gasteiger partial charge in [0.1, 0.15) is 23.2 Å². The second-order valence-corrected chi connectivity index (χ2v) is 13.5. The van der Waals surface area contributed by atoms with Crippen LogP contribution in [0.3, 0.4) is 0 Å². The van der Waals surface area contributed by atoms with Gasteiger partial charge in [0, 0.05) is 49.5 Å². The number of ether oxygens (including phenoxy) is 3. The lowest BCUT2D eigenvalue weighted by Gasteiger charge is -2.22. The maximum absolute atomic E-state index is 14.0. The lowest BCUT2D eigenvalue weighted by Crippen LogP contribution is -2.45. The van der Waals surface area contributed by atoms with Crippen molar-refractivity contribution in [2.75, 3.05) is 60.0 Å². The molecule has 2 fully saturated rings. The third-order valence-corrected chi connectivity index (χ3v) is 9.80. The molecule has 4 aliphatic heterocycles. The van der Waals surface area contributed by atoms with Gasteiger partial charge in [-0.15, -0.1) is 0 Å². The van der Waals surface area contributed by atoms with Crippen molar-refractivity contribution >= 4 is 30.1 Å². The minimum Gasteiger partial charge on any atom is -0.486 e. The van der Waals surface area contributed by atoms with Crippen LogP contribution in [0, 0.1) is 0 Å². The van der Waals surface area contributed by atoms with Crippen molar-refractivity contribution in [1.29, 1.82) is 0 Å². The molecule has 0 spiro atoms. The summed E-state index contributed by atoms with van der Waals surface area (Å²) >= 11 is 0. The lowest BCUT2D eigenvalue weighted by molar-refractivity contribution is -0.123. The van der Waals surface area contributed by atoms with Crippen LogP contribution >= 0.6 is 0 Å². The molecule has 1 aliphatic carbocycles. The zero-order valence-corrected chi connectivity index (χ0v) is 29.8. The van der Waals surface area contributed by atoms with Gasteiger partial charge in [0.05, 0.1) is 19.7 Å². The highest BCUT2D eigenvalue weighted by atomic mass is 16.5. The summed E-state index contributed by atoms with van der Waals surface area (Å²) in [5.74, 6) is -0.211. The molecule has 0 saturated carbocycles. The SMILES string of the molecule is COc1nc2c(cc1C(=O)N1C[C@@H]3NC(=O)c4cc(cc(C(=O)N5CCCN(C)CC5)c4)OCC(=O)NCc4ccc(cc4)O[C@H]3C1)CCC2.O=CO. The van der Waals surface area contributed by atoms with E-state index in [4.69, 9.17) is 24.1 Å². The normalized spacial score (nSPS) is 20.2. The molecule has 2 atom stereocenters. The highest BCUT2D eigenvalue weighted by molar-refractivity contribution is 6.01. The summed E-state index contributed by atoms with van der Waals surface area (Å²) in [6, 6.07) is 13.2. The number of carbonyl (C=O) groups is 5. The highest BCUT2D eigenvalue weighted by Gasteiger charge is 2.40. The minimum absolute atomic E-state index is 0.176. The maximum Gasteiger partial charge on any atom is 0.290 e. The van der Waals surface area contributed by atoms with Gasteiger partial charge in [-0.05, 0) is 86.8 Å². The number of rotatable bonds is 3. The Morgan fingerprint density at radius 3 is 2.51 bits per heavy atom. The van der Waals surface area contributed by atoms with E-state index in [0.29, 0.717) is 30.0 Å². The number of nitrogens with zero attached hydrogens (tertiary/aromatic N) is 4. The molecule has 5 heterocycles. The molecule has 53 heavy (non-hydrogen) atoms. The molecule has 3 N–H and O–H groups in total. The third-order valence-electron chi connectivity index (χ3n) is 9.80. The topological polar surface area (TPSA) is 180 Å². The number of aromatic nitrogens is 1. The van der Waals surface area contributed by atoms with Crippen LogP contribution in [-0.4, -0.2) is 127 Å². The van der Waals surface area contributed by atoms with Gasteiger partial charge in [0.15, 0.2) is 6.61 Å². The molecular formula is C38H44N6O9. The summed E-state index contributed by atoms with van der Waals surface area (Å²) in [7, 11) is 3.54. The number of carboxylic acid groups (broad SMARTS) is 1. The van der Waals surface area contributed by atoms with Crippen molar-refractivity contribution in [1.82, 2.24) is 30.3 Å². The number of pyridine rings is 1. The monoisotopic (exact) mass is 728 g/mol. The van der Waals surface area contributed by atoms with Crippen molar-refractivity contribution in [3.8, 4) is 17.4 Å². The average Bonchev–Trinajstić information content (AvgIpc) is 3.73. The van der Waals surface area contributed by atoms with Crippen LogP contribution in [0.4, 0.5) is 0 Å². The molecule has 5 aliphatic rings. The van der Waals surface area contributed by atoms with Gasteiger partial charge in [0.25, 0.3) is 30.1 Å². The molecule has 1 aromatic heterocycles. The van der Waals surface area contributed by atoms with Gasteiger partial charge >= 0.3 is 0 Å². The molecule has 4 bridgehead atoms. The second-order valence-electron chi connectivity index (χ2n) is 13.5. The molecule has 0 unspecified atom stereocenters. The van der Waals surface area contributed by atoms with Gasteiger partial charge in [-0.25, -0.2) is 4.98 Å². The molecule has 2 aromatic carbocycles. The Kier molecular flexibility index (Phi) is 11.7. The zero-order chi connectivity index (χ0) is 37.5.